The molecule has 0 radical (unpaired) electrons. The van der Waals surface area contributed by atoms with Gasteiger partial charge in [-0.25, -0.2) is 0 Å². The number of fused-ring (bicyclic) bond motifs is 8. The Morgan fingerprint density at radius 3 is 0.685 bits per heavy atom. The van der Waals surface area contributed by atoms with Gasteiger partial charge in [-0.3, -0.25) is 0 Å². The van der Waals surface area contributed by atoms with Crippen LogP contribution in [0.2, 0.25) is 0 Å². The molecule has 0 amide bonds. The lowest BCUT2D eigenvalue weighted by Crippen LogP contribution is -2.62. The zero-order valence-electron chi connectivity index (χ0n) is 116. The van der Waals surface area contributed by atoms with E-state index in [2.05, 4.69) is 0 Å². The fourth-order valence-electron chi connectivity index (χ4n) is 16.0. The maximum atomic E-state index is 12.6. The van der Waals surface area contributed by atoms with Crippen molar-refractivity contribution in [2.75, 3.05) is 19.6 Å². The maximum absolute atomic E-state index is 12.6. The highest BCUT2D eigenvalue weighted by Crippen LogP contribution is 2.55. The van der Waals surface area contributed by atoms with E-state index >= 15 is 0 Å². The number of hydrogen-bond acceptors (Lipinski definition) is 6. The molecule has 682 valence electrons. The van der Waals surface area contributed by atoms with Crippen LogP contribution in [-0.4, -0.2) is 13.4 Å². The SMILES string of the molecule is [2H]c1c([2H])c(C(C)(C)C)c([2H])c2c1B1c3c([2H])c4c(c([2H])c3N(c3c([2H])c(C(C)(C)C)c([2H])c(C(C)(C)C)c3[2H])c3c([2H])c(N(c5c([2H])c(C(C)(C)C)c([2H])c(C(C)(C)C)c5[2H])c5c([2H])c(C(C)(C)C)c([2H])c(C(C)(C)C)c5[2H])c([2H])c(c31)O2)B1c2c([2H])c([2H])c(C(C)(C)C)c([2H])c2N(c2c([2H])c(C(C)(C)C)c([2H])c(C(C)(C)C)c2[2H])c2c([2H])c(N(c3c([2H])c(C(C)(C)C)c([2H])c(C(C)(C)C)c3[2H])c3c([2H])c(C(C)(C)C)c([2H])c(C(C)(C)C)c3[2H])c([2H])c(c21)O4. The summed E-state index contributed by atoms with van der Waals surface area (Å²) in [5.74, 6) is -2.66. The molecule has 4 aliphatic heterocycles. The van der Waals surface area contributed by atoms with Crippen LogP contribution in [0.3, 0.4) is 0 Å². The van der Waals surface area contributed by atoms with E-state index in [0.29, 0.717) is 0 Å². The Morgan fingerprint density at radius 2 is 0.415 bits per heavy atom. The van der Waals surface area contributed by atoms with E-state index in [9.17, 15) is 41.1 Å². The summed E-state index contributed by atoms with van der Waals surface area (Å²) in [5.41, 5.74) is -26.9. The van der Waals surface area contributed by atoms with Gasteiger partial charge in [-0.15, -0.1) is 0 Å². The van der Waals surface area contributed by atoms with E-state index < -0.39 is 358 Å². The number of hydrogen-bond donors (Lipinski definition) is 0. The van der Waals surface area contributed by atoms with Gasteiger partial charge < -0.3 is 29.1 Å². The first kappa shape index (κ1) is 63.5. The van der Waals surface area contributed by atoms with Crippen LogP contribution in [0.1, 0.15) is 410 Å². The van der Waals surface area contributed by atoms with Gasteiger partial charge in [0.15, 0.2) is 0 Å². The van der Waals surface area contributed by atoms with Crippen molar-refractivity contribution in [3.63, 3.8) is 0 Å². The molecule has 4 aliphatic rings. The summed E-state index contributed by atoms with van der Waals surface area (Å²) in [5, 5.41) is 0. The zero-order valence-corrected chi connectivity index (χ0v) is 85.8. The highest BCUT2D eigenvalue weighted by Gasteiger charge is 2.50. The Morgan fingerprint density at radius 1 is 0.192 bits per heavy atom. The largest absolute Gasteiger partial charge is 0.458 e. The number of rotatable bonds is 8. The van der Waals surface area contributed by atoms with Crippen molar-refractivity contribution < 1.29 is 50.6 Å². The molecule has 0 N–H and O–H groups in total. The number of anilines is 12. The van der Waals surface area contributed by atoms with Gasteiger partial charge in [0.2, 0.25) is 0 Å². The molecule has 0 atom stereocenters. The molecule has 0 saturated carbocycles. The normalized spacial score (nSPS) is 17.8. The molecule has 15 rings (SSSR count). The van der Waals surface area contributed by atoms with Crippen molar-refractivity contribution in [2.24, 2.45) is 0 Å². The van der Waals surface area contributed by atoms with E-state index in [-0.39, 0.29) is 114 Å². The van der Waals surface area contributed by atoms with Crippen molar-refractivity contribution in [3.05, 3.63) is 259 Å². The second kappa shape index (κ2) is 31.0. The van der Waals surface area contributed by atoms with Crippen molar-refractivity contribution in [3.8, 4) is 23.0 Å². The standard InChI is InChI=1S/C122H156B2N4O2/c1-109(2,3)73-43-45-95-99(65-73)127(91-61-83(119(31,32)33)51-84(62-91)120(34,35)36)101-67-93(125(87-53-75(111(7,8)9)47-76(54-87)112(10,11)12)88-55-77(113(13,14)15)48-78(56-88)114(16,17)18)69-105-107(101)123(95)98-71-100-97(72-104(98)130-105)124-96-46-44-74(110(4,5)6)66-103(96)129-106-70-94(68-102(108(106)124)128(100)92-63-85(121(37,38)39)52-86(64-92)122(40,41)42)126(89-57-79(115(19,20)21)49-80(58-89)116(22,23)24)90-59-81(117(25,26)27)50-82(60-90)118(28,29)30/h43-72H,1-42H3/i43D,44D,45D,46D,47D,48D,49D,50D,51D,52D,53D,54D,55D,56D,57D,58D,59D,60D,61D,62D,63D,64D,65D,66D,67D,68D,69D,70D,71D,72D. The van der Waals surface area contributed by atoms with Gasteiger partial charge in [0.25, 0.3) is 13.4 Å². The molecule has 0 aromatic heterocycles. The van der Waals surface area contributed by atoms with Gasteiger partial charge >= 0.3 is 0 Å². The summed E-state index contributed by atoms with van der Waals surface area (Å²) in [6, 6.07) is -17.2. The Hall–Kier alpha value is -9.65. The molecule has 0 bridgehead atoms. The molecule has 130 heavy (non-hydrogen) atoms. The number of ether oxygens (including phenoxy) is 2. The van der Waals surface area contributed by atoms with Crippen LogP contribution in [0, 0.1) is 0 Å². The zero-order chi connectivity index (χ0) is 122. The van der Waals surface area contributed by atoms with Gasteiger partial charge in [0, 0.05) is 69.0 Å². The smallest absolute Gasteiger partial charge is 0.256 e. The van der Waals surface area contributed by atoms with E-state index in [1.807, 2.05) is 0 Å². The van der Waals surface area contributed by atoms with E-state index in [1.54, 1.807) is 291 Å². The number of nitrogens with zero attached hydrogens (tertiary/aromatic N) is 4. The Bertz CT molecular complexity index is 7800. The predicted molar refractivity (Wildman–Crippen MR) is 569 cm³/mol. The minimum atomic E-state index is -2.17. The first-order valence-corrected chi connectivity index (χ1v) is 46.2. The third-order valence-electron chi connectivity index (χ3n) is 24.3. The molecular formula is C122H156B2N4O2. The first-order valence-electron chi connectivity index (χ1n) is 61.2. The predicted octanol–water partition coefficient (Wildman–Crippen LogP) is 31.6. The molecular weight excluding hydrogens is 1570 g/mol. The van der Waals surface area contributed by atoms with Crippen LogP contribution in [0.5, 0.6) is 23.0 Å². The summed E-state index contributed by atoms with van der Waals surface area (Å²) in [6.07, 6.45) is 0. The average molecular weight is 1760 g/mol. The first-order chi connectivity index (χ1) is 72.0. The van der Waals surface area contributed by atoms with Crippen molar-refractivity contribution in [1.82, 2.24) is 0 Å². The fourth-order valence-corrected chi connectivity index (χ4v) is 16.0. The molecule has 8 heteroatoms. The fraction of sp³-hybridized carbons (Fsp3) is 0.459. The maximum Gasteiger partial charge on any atom is 0.256 e. The third-order valence-corrected chi connectivity index (χ3v) is 24.3. The second-order valence-corrected chi connectivity index (χ2v) is 50.9. The van der Waals surface area contributed by atoms with Crippen molar-refractivity contribution in [2.45, 2.75) is 367 Å². The molecule has 6 nitrogen and oxygen atoms in total. The average Bonchev–Trinajstić information content (AvgIpc) is 0.658. The lowest BCUT2D eigenvalue weighted by atomic mass is 9.31. The Balaban J connectivity index is 1.34. The van der Waals surface area contributed by atoms with Gasteiger partial charge in [0.05, 0.1) is 52.5 Å². The molecule has 0 saturated heterocycles. The minimum Gasteiger partial charge on any atom is -0.458 e. The molecule has 0 spiro atoms. The minimum absolute atomic E-state index is 0.0225. The molecule has 0 unspecified atom stereocenters. The van der Waals surface area contributed by atoms with Crippen LogP contribution in [0.25, 0.3) is 0 Å². The van der Waals surface area contributed by atoms with E-state index in [4.69, 9.17) is 9.47 Å². The van der Waals surface area contributed by atoms with E-state index in [1.165, 1.54) is 9.80 Å². The van der Waals surface area contributed by atoms with Gasteiger partial charge in [-0.05, 0) is 295 Å². The van der Waals surface area contributed by atoms with Crippen LogP contribution >= 0.6 is 0 Å². The van der Waals surface area contributed by atoms with Crippen LogP contribution in [0.4, 0.5) is 68.2 Å². The molecule has 0 fully saturated rings. The Kier molecular flexibility index (Phi) is 15.1. The summed E-state index contributed by atoms with van der Waals surface area (Å²) < 4.78 is 352. The molecule has 0 aliphatic carbocycles. The lowest BCUT2D eigenvalue weighted by Gasteiger charge is -2.44. The lowest BCUT2D eigenvalue weighted by molar-refractivity contribution is 0.483. The Labute approximate surface area is 829 Å². The summed E-state index contributed by atoms with van der Waals surface area (Å²) in [4.78, 5) is 4.68. The third kappa shape index (κ3) is 18.1. The van der Waals surface area contributed by atoms with Crippen LogP contribution in [-0.2, 0) is 75.8 Å². The highest BCUT2D eigenvalue weighted by atomic mass is 16.5. The summed E-state index contributed by atoms with van der Waals surface area (Å²) >= 11 is 0. The summed E-state index contributed by atoms with van der Waals surface area (Å²) in [7, 11) is 0. The quantitative estimate of drug-likeness (QED) is 0.141. The van der Waals surface area contributed by atoms with Gasteiger partial charge in [-0.1, -0.05) is 351 Å². The van der Waals surface area contributed by atoms with Crippen molar-refractivity contribution in [1.29, 1.82) is 0 Å². The monoisotopic (exact) mass is 1760 g/mol. The van der Waals surface area contributed by atoms with Crippen LogP contribution in [0.15, 0.2) is 181 Å². The molecule has 4 heterocycles. The molecule has 11 aromatic rings. The van der Waals surface area contributed by atoms with Gasteiger partial charge in [-0.2, -0.15) is 0 Å². The topological polar surface area (TPSA) is 31.4 Å². The summed E-state index contributed by atoms with van der Waals surface area (Å²) in [6.45, 7) is 69.4. The number of benzene rings is 11. The highest BCUT2D eigenvalue weighted by molar-refractivity contribution is 7.01. The van der Waals surface area contributed by atoms with Crippen LogP contribution < -0.4 is 61.9 Å². The second-order valence-electron chi connectivity index (χ2n) is 50.9. The van der Waals surface area contributed by atoms with E-state index in [0.717, 1.165) is 9.80 Å². The molecule has 11 aromatic carbocycles. The van der Waals surface area contributed by atoms with Crippen molar-refractivity contribution >= 4 is 114 Å². The van der Waals surface area contributed by atoms with Gasteiger partial charge in [0.1, 0.15) is 23.0 Å².